The molecule has 1 aromatic heterocycles. The molecule has 18 heavy (non-hydrogen) atoms. The molecule has 1 N–H and O–H groups in total. The molecule has 100 valence electrons. The molecule has 1 saturated heterocycles. The third-order valence-electron chi connectivity index (χ3n) is 3.02. The van der Waals surface area contributed by atoms with Gasteiger partial charge in [-0.2, -0.15) is 4.31 Å². The summed E-state index contributed by atoms with van der Waals surface area (Å²) in [6.07, 6.45) is 2.70. The molecule has 0 amide bonds. The highest BCUT2D eigenvalue weighted by Crippen LogP contribution is 2.25. The number of sulfonamides is 1. The van der Waals surface area contributed by atoms with Crippen molar-refractivity contribution in [2.75, 3.05) is 13.1 Å². The Morgan fingerprint density at radius 1 is 1.33 bits per heavy atom. The van der Waals surface area contributed by atoms with Crippen molar-refractivity contribution in [3.05, 3.63) is 17.6 Å². The number of rotatable bonds is 3. The van der Waals surface area contributed by atoms with E-state index in [1.807, 2.05) is 0 Å². The normalized spacial score (nSPS) is 17.8. The van der Waals surface area contributed by atoms with Gasteiger partial charge in [-0.3, -0.25) is 0 Å². The summed E-state index contributed by atoms with van der Waals surface area (Å²) in [5.41, 5.74) is 0. The van der Waals surface area contributed by atoms with Crippen LogP contribution in [0.2, 0.25) is 0 Å². The van der Waals surface area contributed by atoms with E-state index in [1.165, 1.54) is 11.2 Å². The van der Waals surface area contributed by atoms with Crippen LogP contribution >= 0.6 is 0 Å². The molecule has 2 rings (SSSR count). The molecule has 7 heteroatoms. The van der Waals surface area contributed by atoms with E-state index >= 15 is 0 Å². The molecule has 1 fully saturated rings. The fraction of sp³-hybridized carbons (Fsp3) is 0.545. The Morgan fingerprint density at radius 3 is 2.44 bits per heavy atom. The van der Waals surface area contributed by atoms with Gasteiger partial charge in [-0.25, -0.2) is 13.2 Å². The molecule has 0 atom stereocenters. The topological polar surface area (TPSA) is 87.8 Å². The number of hydrogen-bond acceptors (Lipinski definition) is 4. The fourth-order valence-corrected chi connectivity index (χ4v) is 3.75. The first kappa shape index (κ1) is 13.1. The van der Waals surface area contributed by atoms with Crippen molar-refractivity contribution in [3.63, 3.8) is 0 Å². The van der Waals surface area contributed by atoms with E-state index in [0.29, 0.717) is 13.1 Å². The van der Waals surface area contributed by atoms with Crippen molar-refractivity contribution in [2.24, 2.45) is 0 Å². The molecule has 2 heterocycles. The Kier molecular flexibility index (Phi) is 3.45. The van der Waals surface area contributed by atoms with Crippen LogP contribution in [-0.2, 0) is 10.0 Å². The average Bonchev–Trinajstić information content (AvgIpc) is 2.73. The zero-order chi connectivity index (χ0) is 13.3. The average molecular weight is 273 g/mol. The van der Waals surface area contributed by atoms with Gasteiger partial charge in [0.1, 0.15) is 10.7 Å². The van der Waals surface area contributed by atoms with Crippen LogP contribution in [-0.4, -0.2) is 36.9 Å². The quantitative estimate of drug-likeness (QED) is 0.900. The second-order valence-electron chi connectivity index (χ2n) is 4.30. The van der Waals surface area contributed by atoms with Gasteiger partial charge >= 0.3 is 5.97 Å². The Bertz CT molecular complexity index is 554. The minimum Gasteiger partial charge on any atom is -0.475 e. The van der Waals surface area contributed by atoms with Gasteiger partial charge in [-0.1, -0.05) is 6.42 Å². The van der Waals surface area contributed by atoms with Crippen molar-refractivity contribution in [2.45, 2.75) is 31.1 Å². The van der Waals surface area contributed by atoms with E-state index in [0.717, 1.165) is 25.3 Å². The maximum atomic E-state index is 12.3. The number of carbonyl (C=O) groups is 1. The predicted molar refractivity (Wildman–Crippen MR) is 63.0 cm³/mol. The van der Waals surface area contributed by atoms with E-state index in [9.17, 15) is 13.2 Å². The van der Waals surface area contributed by atoms with Gasteiger partial charge in [0, 0.05) is 19.2 Å². The molecule has 0 bridgehead atoms. The molecular weight excluding hydrogens is 258 g/mol. The van der Waals surface area contributed by atoms with Crippen LogP contribution in [0.5, 0.6) is 0 Å². The molecule has 0 saturated carbocycles. The summed E-state index contributed by atoms with van der Waals surface area (Å²) in [4.78, 5) is 10.7. The summed E-state index contributed by atoms with van der Waals surface area (Å²) >= 11 is 0. The standard InChI is InChI=1S/C11H15NO5S/c1-8-10(7-9(17-8)11(13)14)18(15,16)12-5-3-2-4-6-12/h7H,2-6H2,1H3,(H,13,14). The minimum absolute atomic E-state index is 0.0400. The van der Waals surface area contributed by atoms with Gasteiger partial charge in [0.25, 0.3) is 0 Å². The summed E-state index contributed by atoms with van der Waals surface area (Å²) in [6.45, 7) is 2.42. The maximum absolute atomic E-state index is 12.3. The summed E-state index contributed by atoms with van der Waals surface area (Å²) in [6, 6.07) is 1.08. The van der Waals surface area contributed by atoms with Gasteiger partial charge in [0.15, 0.2) is 0 Å². The predicted octanol–water partition coefficient (Wildman–Crippen LogP) is 1.46. The van der Waals surface area contributed by atoms with Crippen LogP contribution in [0.4, 0.5) is 0 Å². The number of furan rings is 1. The first-order valence-electron chi connectivity index (χ1n) is 5.77. The van der Waals surface area contributed by atoms with Crippen LogP contribution < -0.4 is 0 Å². The number of piperidine rings is 1. The van der Waals surface area contributed by atoms with Gasteiger partial charge in [-0.05, 0) is 19.8 Å². The molecule has 1 aromatic rings. The molecule has 0 aromatic carbocycles. The zero-order valence-corrected chi connectivity index (χ0v) is 10.9. The van der Waals surface area contributed by atoms with Crippen molar-refractivity contribution in [1.29, 1.82) is 0 Å². The van der Waals surface area contributed by atoms with Gasteiger partial charge in [0.05, 0.1) is 0 Å². The van der Waals surface area contributed by atoms with Gasteiger partial charge < -0.3 is 9.52 Å². The van der Waals surface area contributed by atoms with Crippen molar-refractivity contribution >= 4 is 16.0 Å². The molecular formula is C11H15NO5S. The molecule has 0 aliphatic carbocycles. The fourth-order valence-electron chi connectivity index (χ4n) is 2.07. The summed E-state index contributed by atoms with van der Waals surface area (Å²) in [7, 11) is -3.63. The molecule has 0 unspecified atom stereocenters. The minimum atomic E-state index is -3.63. The van der Waals surface area contributed by atoms with E-state index in [2.05, 4.69) is 0 Å². The number of aryl methyl sites for hydroxylation is 1. The second kappa shape index (κ2) is 4.74. The Morgan fingerprint density at radius 2 is 1.94 bits per heavy atom. The van der Waals surface area contributed by atoms with Gasteiger partial charge in [0.2, 0.25) is 15.8 Å². The number of nitrogens with zero attached hydrogens (tertiary/aromatic N) is 1. The highest BCUT2D eigenvalue weighted by atomic mass is 32.2. The Hall–Kier alpha value is -1.34. The summed E-state index contributed by atoms with van der Waals surface area (Å²) < 4.78 is 31.0. The number of aromatic carboxylic acids is 1. The lowest BCUT2D eigenvalue weighted by Gasteiger charge is -2.25. The van der Waals surface area contributed by atoms with Crippen LogP contribution in [0, 0.1) is 6.92 Å². The van der Waals surface area contributed by atoms with Crippen molar-refractivity contribution in [1.82, 2.24) is 4.31 Å². The lowest BCUT2D eigenvalue weighted by molar-refractivity contribution is 0.0661. The smallest absolute Gasteiger partial charge is 0.371 e. The van der Waals surface area contributed by atoms with Crippen LogP contribution in [0.3, 0.4) is 0 Å². The number of hydrogen-bond donors (Lipinski definition) is 1. The highest BCUT2D eigenvalue weighted by molar-refractivity contribution is 7.89. The second-order valence-corrected chi connectivity index (χ2v) is 6.21. The molecule has 1 aliphatic rings. The zero-order valence-electron chi connectivity index (χ0n) is 10.0. The van der Waals surface area contributed by atoms with Crippen molar-refractivity contribution < 1.29 is 22.7 Å². The first-order valence-corrected chi connectivity index (χ1v) is 7.21. The number of carboxylic acid groups (broad SMARTS) is 1. The Balaban J connectivity index is 2.37. The highest BCUT2D eigenvalue weighted by Gasteiger charge is 2.30. The van der Waals surface area contributed by atoms with Crippen LogP contribution in [0.15, 0.2) is 15.4 Å². The molecule has 6 nitrogen and oxygen atoms in total. The third-order valence-corrected chi connectivity index (χ3v) is 5.02. The summed E-state index contributed by atoms with van der Waals surface area (Å²) in [5, 5.41) is 8.80. The van der Waals surface area contributed by atoms with E-state index in [4.69, 9.17) is 9.52 Å². The number of carboxylic acids is 1. The maximum Gasteiger partial charge on any atom is 0.371 e. The lowest BCUT2D eigenvalue weighted by Crippen LogP contribution is -2.35. The third kappa shape index (κ3) is 2.28. The largest absolute Gasteiger partial charge is 0.475 e. The van der Waals surface area contributed by atoms with Crippen LogP contribution in [0.25, 0.3) is 0 Å². The Labute approximate surface area is 105 Å². The SMILES string of the molecule is Cc1oc(C(=O)O)cc1S(=O)(=O)N1CCCCC1. The molecule has 0 spiro atoms. The molecule has 1 aliphatic heterocycles. The lowest BCUT2D eigenvalue weighted by atomic mass is 10.2. The monoisotopic (exact) mass is 273 g/mol. The van der Waals surface area contributed by atoms with E-state index < -0.39 is 16.0 Å². The molecule has 0 radical (unpaired) electrons. The van der Waals surface area contributed by atoms with E-state index in [1.54, 1.807) is 0 Å². The van der Waals surface area contributed by atoms with Crippen molar-refractivity contribution in [3.8, 4) is 0 Å². The van der Waals surface area contributed by atoms with Gasteiger partial charge in [-0.15, -0.1) is 0 Å². The first-order chi connectivity index (χ1) is 8.43. The van der Waals surface area contributed by atoms with E-state index in [-0.39, 0.29) is 16.4 Å². The van der Waals surface area contributed by atoms with Crippen LogP contribution in [0.1, 0.15) is 35.6 Å². The summed E-state index contributed by atoms with van der Waals surface area (Å²) in [5.74, 6) is -1.49.